The molecule has 0 aliphatic heterocycles. The molecule has 2 aromatic carbocycles. The van der Waals surface area contributed by atoms with E-state index in [0.29, 0.717) is 5.75 Å². The molecule has 0 radical (unpaired) electrons. The van der Waals surface area contributed by atoms with Gasteiger partial charge in [0.25, 0.3) is 5.89 Å². The van der Waals surface area contributed by atoms with Crippen LogP contribution in [0.3, 0.4) is 0 Å². The van der Waals surface area contributed by atoms with Gasteiger partial charge in [-0.1, -0.05) is 23.4 Å². The number of nitrogens with zero attached hydrogens (tertiary/aromatic N) is 5. The van der Waals surface area contributed by atoms with Crippen molar-refractivity contribution in [3.63, 3.8) is 0 Å². The van der Waals surface area contributed by atoms with E-state index in [1.807, 2.05) is 42.1 Å². The van der Waals surface area contributed by atoms with Crippen LogP contribution in [-0.2, 0) is 13.2 Å². The second-order valence-corrected chi connectivity index (χ2v) is 6.96. The van der Waals surface area contributed by atoms with Crippen LogP contribution in [0.25, 0.3) is 33.9 Å². The molecule has 0 aliphatic carbocycles. The first kappa shape index (κ1) is 19.7. The number of ether oxygens (including phenoxy) is 1. The number of hydrogen-bond donors (Lipinski definition) is 0. The van der Waals surface area contributed by atoms with Gasteiger partial charge in [-0.05, 0) is 29.7 Å². The van der Waals surface area contributed by atoms with Gasteiger partial charge < -0.3 is 13.8 Å². The van der Waals surface area contributed by atoms with E-state index in [2.05, 4.69) is 20.1 Å². The minimum absolute atomic E-state index is 0.0544. The van der Waals surface area contributed by atoms with Crippen LogP contribution in [0.15, 0.2) is 71.6 Å². The Morgan fingerprint density at radius 1 is 1.00 bits per heavy atom. The number of halogens is 3. The summed E-state index contributed by atoms with van der Waals surface area (Å²) in [7, 11) is 1.94. The molecule has 0 spiro atoms. The maximum absolute atomic E-state index is 13.3. The standard InChI is InChI=1S/C22H14F3N5O2/c1-30-9-8-13-6-7-14(10-18(13)30)31-19-12-26-17(11-27-19)21-28-20(29-32-21)15-4-2-3-5-16(15)22(23,24)25/h2-12H,1H3. The average Bonchev–Trinajstić information content (AvgIpc) is 3.41. The van der Waals surface area contributed by atoms with Gasteiger partial charge in [0.05, 0.1) is 23.5 Å². The molecule has 0 unspecified atom stereocenters. The van der Waals surface area contributed by atoms with Crippen LogP contribution in [0.4, 0.5) is 13.2 Å². The lowest BCUT2D eigenvalue weighted by atomic mass is 10.1. The van der Waals surface area contributed by atoms with Crippen molar-refractivity contribution in [2.75, 3.05) is 0 Å². The largest absolute Gasteiger partial charge is 0.437 e. The molecule has 3 heterocycles. The van der Waals surface area contributed by atoms with Crippen LogP contribution in [0.2, 0.25) is 0 Å². The van der Waals surface area contributed by atoms with E-state index in [0.717, 1.165) is 17.0 Å². The fourth-order valence-electron chi connectivity index (χ4n) is 3.27. The van der Waals surface area contributed by atoms with Gasteiger partial charge in [0.1, 0.15) is 11.4 Å². The Labute approximate surface area is 179 Å². The third-order valence-corrected chi connectivity index (χ3v) is 4.83. The Balaban J connectivity index is 1.38. The Morgan fingerprint density at radius 3 is 2.62 bits per heavy atom. The number of alkyl halides is 3. The summed E-state index contributed by atoms with van der Waals surface area (Å²) < 4.78 is 52.6. The molecule has 0 atom stereocenters. The first-order valence-electron chi connectivity index (χ1n) is 9.44. The second-order valence-electron chi connectivity index (χ2n) is 6.96. The number of benzene rings is 2. The Bertz CT molecular complexity index is 1410. The molecule has 32 heavy (non-hydrogen) atoms. The summed E-state index contributed by atoms with van der Waals surface area (Å²) in [6.07, 6.45) is 0.134. The highest BCUT2D eigenvalue weighted by atomic mass is 19.4. The molecule has 0 aliphatic rings. The van der Waals surface area contributed by atoms with Gasteiger partial charge in [0.2, 0.25) is 11.7 Å². The molecule has 0 saturated heterocycles. The minimum atomic E-state index is -4.54. The first-order valence-corrected chi connectivity index (χ1v) is 9.44. The molecular weight excluding hydrogens is 423 g/mol. The summed E-state index contributed by atoms with van der Waals surface area (Å²) in [6.45, 7) is 0. The number of hydrogen-bond acceptors (Lipinski definition) is 6. The molecule has 0 N–H and O–H groups in total. The fraction of sp³-hybridized carbons (Fsp3) is 0.0909. The fourth-order valence-corrected chi connectivity index (χ4v) is 3.27. The lowest BCUT2D eigenvalue weighted by Crippen LogP contribution is -2.07. The average molecular weight is 437 g/mol. The minimum Gasteiger partial charge on any atom is -0.437 e. The Kier molecular flexibility index (Phi) is 4.62. The van der Waals surface area contributed by atoms with Crippen LogP contribution in [0.1, 0.15) is 5.56 Å². The predicted octanol–water partition coefficient (Wildman–Crippen LogP) is 5.50. The molecule has 0 bridgehead atoms. The van der Waals surface area contributed by atoms with Crippen molar-refractivity contribution in [3.8, 4) is 34.6 Å². The van der Waals surface area contributed by atoms with E-state index in [9.17, 15) is 13.2 Å². The summed E-state index contributed by atoms with van der Waals surface area (Å²) in [5.74, 6) is 0.585. The molecular formula is C22H14F3N5O2. The van der Waals surface area contributed by atoms with E-state index < -0.39 is 11.7 Å². The number of aryl methyl sites for hydroxylation is 1. The molecule has 5 aromatic rings. The summed E-state index contributed by atoms with van der Waals surface area (Å²) in [6, 6.07) is 12.7. The van der Waals surface area contributed by atoms with Gasteiger partial charge in [-0.15, -0.1) is 0 Å². The van der Waals surface area contributed by atoms with Crippen molar-refractivity contribution in [1.29, 1.82) is 0 Å². The molecule has 0 fully saturated rings. The number of rotatable bonds is 4. The van der Waals surface area contributed by atoms with Crippen LogP contribution in [0, 0.1) is 0 Å². The van der Waals surface area contributed by atoms with Crippen molar-refractivity contribution < 1.29 is 22.4 Å². The van der Waals surface area contributed by atoms with Crippen LogP contribution in [-0.4, -0.2) is 24.7 Å². The van der Waals surface area contributed by atoms with Gasteiger partial charge in [-0.2, -0.15) is 18.2 Å². The summed E-state index contributed by atoms with van der Waals surface area (Å²) >= 11 is 0. The molecule has 3 aromatic heterocycles. The Hall–Kier alpha value is -4.21. The normalized spacial score (nSPS) is 11.8. The topological polar surface area (TPSA) is 78.9 Å². The highest BCUT2D eigenvalue weighted by Crippen LogP contribution is 2.36. The first-order chi connectivity index (χ1) is 15.4. The van der Waals surface area contributed by atoms with Gasteiger partial charge in [0.15, 0.2) is 0 Å². The van der Waals surface area contributed by atoms with Gasteiger partial charge in [0, 0.05) is 24.9 Å². The monoisotopic (exact) mass is 437 g/mol. The SMILES string of the molecule is Cn1ccc2ccc(Oc3cnc(-c4nc(-c5ccccc5C(F)(F)F)no4)cn3)cc21. The molecule has 0 saturated carbocycles. The van der Waals surface area contributed by atoms with Crippen molar-refractivity contribution in [2.45, 2.75) is 6.18 Å². The van der Waals surface area contributed by atoms with Gasteiger partial charge in [-0.3, -0.25) is 0 Å². The summed E-state index contributed by atoms with van der Waals surface area (Å²) in [4.78, 5) is 12.4. The van der Waals surface area contributed by atoms with Crippen molar-refractivity contribution in [3.05, 3.63) is 72.7 Å². The summed E-state index contributed by atoms with van der Waals surface area (Å²) in [5.41, 5.74) is 0.180. The van der Waals surface area contributed by atoms with Crippen LogP contribution < -0.4 is 4.74 Å². The second kappa shape index (κ2) is 7.49. The lowest BCUT2D eigenvalue weighted by molar-refractivity contribution is -0.137. The van der Waals surface area contributed by atoms with E-state index in [1.165, 1.54) is 30.6 Å². The van der Waals surface area contributed by atoms with E-state index >= 15 is 0 Å². The Morgan fingerprint density at radius 2 is 1.84 bits per heavy atom. The van der Waals surface area contributed by atoms with E-state index in [1.54, 1.807) is 0 Å². The maximum atomic E-state index is 13.3. The highest BCUT2D eigenvalue weighted by molar-refractivity contribution is 5.81. The third-order valence-electron chi connectivity index (χ3n) is 4.83. The van der Waals surface area contributed by atoms with Crippen molar-refractivity contribution in [1.82, 2.24) is 24.7 Å². The zero-order valence-corrected chi connectivity index (χ0v) is 16.5. The van der Waals surface area contributed by atoms with E-state index in [-0.39, 0.29) is 28.9 Å². The lowest BCUT2D eigenvalue weighted by Gasteiger charge is -2.09. The van der Waals surface area contributed by atoms with Gasteiger partial charge in [-0.25, -0.2) is 9.97 Å². The highest BCUT2D eigenvalue weighted by Gasteiger charge is 2.34. The maximum Gasteiger partial charge on any atom is 0.417 e. The smallest absolute Gasteiger partial charge is 0.417 e. The van der Waals surface area contributed by atoms with Crippen molar-refractivity contribution >= 4 is 10.9 Å². The predicted molar refractivity (Wildman–Crippen MR) is 109 cm³/mol. The number of fused-ring (bicyclic) bond motifs is 1. The molecule has 7 nitrogen and oxygen atoms in total. The molecule has 0 amide bonds. The van der Waals surface area contributed by atoms with Gasteiger partial charge >= 0.3 is 6.18 Å². The number of aromatic nitrogens is 5. The molecule has 10 heteroatoms. The quantitative estimate of drug-likeness (QED) is 0.370. The summed E-state index contributed by atoms with van der Waals surface area (Å²) in [5, 5.41) is 4.76. The zero-order valence-electron chi connectivity index (χ0n) is 16.5. The molecule has 160 valence electrons. The molecule has 5 rings (SSSR count). The third kappa shape index (κ3) is 3.66. The van der Waals surface area contributed by atoms with Crippen LogP contribution in [0.5, 0.6) is 11.6 Å². The van der Waals surface area contributed by atoms with E-state index in [4.69, 9.17) is 9.26 Å². The van der Waals surface area contributed by atoms with Crippen LogP contribution >= 0.6 is 0 Å². The zero-order chi connectivity index (χ0) is 22.3. The van der Waals surface area contributed by atoms with Crippen molar-refractivity contribution in [2.24, 2.45) is 7.05 Å².